The fourth-order valence-electron chi connectivity index (χ4n) is 3.04. The van der Waals surface area contributed by atoms with Crippen molar-refractivity contribution in [2.75, 3.05) is 26.2 Å². The third kappa shape index (κ3) is 3.50. The molecule has 1 aliphatic rings. The Kier molecular flexibility index (Phi) is 4.98. The zero-order chi connectivity index (χ0) is 17.2. The molecule has 130 valence electrons. The zero-order valence-corrected chi connectivity index (χ0v) is 14.8. The normalized spacial score (nSPS) is 17.8. The Morgan fingerprint density at radius 3 is 2.67 bits per heavy atom. The number of pyridine rings is 1. The summed E-state index contributed by atoms with van der Waals surface area (Å²) in [6.45, 7) is 6.53. The van der Waals surface area contributed by atoms with E-state index in [1.807, 2.05) is 18.2 Å². The van der Waals surface area contributed by atoms with Crippen molar-refractivity contribution >= 4 is 10.0 Å². The minimum atomic E-state index is -3.56. The van der Waals surface area contributed by atoms with Gasteiger partial charge in [-0.05, 0) is 38.9 Å². The predicted octanol–water partition coefficient (Wildman–Crippen LogP) is 1.58. The largest absolute Gasteiger partial charge is 0.360 e. The molecule has 0 aromatic carbocycles. The Morgan fingerprint density at radius 2 is 2.00 bits per heavy atom. The van der Waals surface area contributed by atoms with Gasteiger partial charge in [0, 0.05) is 32.4 Å². The molecule has 0 saturated carbocycles. The van der Waals surface area contributed by atoms with Crippen LogP contribution in [0, 0.1) is 13.8 Å². The van der Waals surface area contributed by atoms with Gasteiger partial charge in [-0.3, -0.25) is 9.88 Å². The molecular formula is C16H22N4O3S. The fourth-order valence-corrected chi connectivity index (χ4v) is 4.80. The summed E-state index contributed by atoms with van der Waals surface area (Å²) in [6, 6.07) is 5.85. The molecular weight excluding hydrogens is 328 g/mol. The standard InChI is InChI=1S/C16H22N4O3S/c1-13-16(14(2)23-18-13)24(21,22)20-9-5-8-19(10-11-20)12-15-6-3-4-7-17-15/h3-4,6-7H,5,8-12H2,1-2H3. The molecule has 0 bridgehead atoms. The van der Waals surface area contributed by atoms with E-state index in [2.05, 4.69) is 15.0 Å². The highest BCUT2D eigenvalue weighted by Gasteiger charge is 2.32. The van der Waals surface area contributed by atoms with E-state index < -0.39 is 10.0 Å². The molecule has 8 heteroatoms. The molecule has 24 heavy (non-hydrogen) atoms. The first-order valence-electron chi connectivity index (χ1n) is 8.04. The smallest absolute Gasteiger partial charge is 0.248 e. The van der Waals surface area contributed by atoms with Crippen molar-refractivity contribution in [1.82, 2.24) is 19.3 Å². The van der Waals surface area contributed by atoms with Crippen LogP contribution in [0.4, 0.5) is 0 Å². The quantitative estimate of drug-likeness (QED) is 0.833. The van der Waals surface area contributed by atoms with Crippen LogP contribution in [0.1, 0.15) is 23.6 Å². The molecule has 2 aromatic heterocycles. The number of nitrogens with zero attached hydrogens (tertiary/aromatic N) is 4. The van der Waals surface area contributed by atoms with Crippen molar-refractivity contribution in [1.29, 1.82) is 0 Å². The maximum absolute atomic E-state index is 12.9. The second-order valence-corrected chi connectivity index (χ2v) is 7.88. The Bertz CT molecular complexity index is 769. The van der Waals surface area contributed by atoms with Crippen molar-refractivity contribution in [3.8, 4) is 0 Å². The van der Waals surface area contributed by atoms with Gasteiger partial charge >= 0.3 is 0 Å². The van der Waals surface area contributed by atoms with Crippen molar-refractivity contribution in [2.24, 2.45) is 0 Å². The van der Waals surface area contributed by atoms with E-state index in [4.69, 9.17) is 4.52 Å². The lowest BCUT2D eigenvalue weighted by atomic mass is 10.3. The lowest BCUT2D eigenvalue weighted by Crippen LogP contribution is -2.35. The summed E-state index contributed by atoms with van der Waals surface area (Å²) < 4.78 is 32.4. The lowest BCUT2D eigenvalue weighted by Gasteiger charge is -2.21. The zero-order valence-electron chi connectivity index (χ0n) is 14.0. The summed E-state index contributed by atoms with van der Waals surface area (Å²) >= 11 is 0. The van der Waals surface area contributed by atoms with Gasteiger partial charge in [0.1, 0.15) is 10.6 Å². The van der Waals surface area contributed by atoms with Crippen LogP contribution in [0.25, 0.3) is 0 Å². The van der Waals surface area contributed by atoms with Gasteiger partial charge in [-0.15, -0.1) is 0 Å². The molecule has 1 aliphatic heterocycles. The summed E-state index contributed by atoms with van der Waals surface area (Å²) in [6.07, 6.45) is 2.57. The van der Waals surface area contributed by atoms with Crippen LogP contribution >= 0.6 is 0 Å². The van der Waals surface area contributed by atoms with E-state index in [0.717, 1.165) is 25.2 Å². The second kappa shape index (κ2) is 7.00. The van der Waals surface area contributed by atoms with Crippen LogP contribution in [0.5, 0.6) is 0 Å². The van der Waals surface area contributed by atoms with Crippen LogP contribution in [0.15, 0.2) is 33.8 Å². The van der Waals surface area contributed by atoms with Gasteiger partial charge < -0.3 is 4.52 Å². The Labute approximate surface area is 142 Å². The Morgan fingerprint density at radius 1 is 1.17 bits per heavy atom. The third-order valence-corrected chi connectivity index (χ3v) is 6.37. The van der Waals surface area contributed by atoms with Crippen LogP contribution in [0.2, 0.25) is 0 Å². The summed E-state index contributed by atoms with van der Waals surface area (Å²) in [5.41, 5.74) is 1.42. The van der Waals surface area contributed by atoms with Gasteiger partial charge in [-0.25, -0.2) is 8.42 Å². The average molecular weight is 350 g/mol. The number of sulfonamides is 1. The highest BCUT2D eigenvalue weighted by Crippen LogP contribution is 2.24. The number of rotatable bonds is 4. The molecule has 2 aromatic rings. The molecule has 0 radical (unpaired) electrons. The van der Waals surface area contributed by atoms with Crippen molar-refractivity contribution < 1.29 is 12.9 Å². The first-order valence-corrected chi connectivity index (χ1v) is 9.48. The second-order valence-electron chi connectivity index (χ2n) is 6.01. The predicted molar refractivity (Wildman–Crippen MR) is 88.9 cm³/mol. The number of aromatic nitrogens is 2. The van der Waals surface area contributed by atoms with E-state index in [-0.39, 0.29) is 4.90 Å². The van der Waals surface area contributed by atoms with Gasteiger partial charge in [-0.1, -0.05) is 11.2 Å². The molecule has 0 unspecified atom stereocenters. The molecule has 0 spiro atoms. The Balaban J connectivity index is 1.71. The molecule has 3 rings (SSSR count). The average Bonchev–Trinajstić information content (AvgIpc) is 2.75. The molecule has 0 aliphatic carbocycles. The van der Waals surface area contributed by atoms with Crippen LogP contribution in [-0.4, -0.2) is 53.9 Å². The van der Waals surface area contributed by atoms with Gasteiger partial charge in [-0.2, -0.15) is 4.31 Å². The monoisotopic (exact) mass is 350 g/mol. The molecule has 0 amide bonds. The van der Waals surface area contributed by atoms with Crippen molar-refractivity contribution in [3.63, 3.8) is 0 Å². The molecule has 7 nitrogen and oxygen atoms in total. The molecule has 0 atom stereocenters. The van der Waals surface area contributed by atoms with E-state index in [1.54, 1.807) is 20.0 Å². The molecule has 0 N–H and O–H groups in total. The van der Waals surface area contributed by atoms with E-state index in [0.29, 0.717) is 31.1 Å². The lowest BCUT2D eigenvalue weighted by molar-refractivity contribution is 0.275. The first kappa shape index (κ1) is 17.1. The van der Waals surface area contributed by atoms with Crippen molar-refractivity contribution in [3.05, 3.63) is 41.5 Å². The summed E-state index contributed by atoms with van der Waals surface area (Å²) in [5.74, 6) is 0.349. The van der Waals surface area contributed by atoms with Crippen LogP contribution in [0.3, 0.4) is 0 Å². The van der Waals surface area contributed by atoms with Gasteiger partial charge in [0.15, 0.2) is 5.76 Å². The van der Waals surface area contributed by atoms with Gasteiger partial charge in [0.25, 0.3) is 0 Å². The number of aryl methyl sites for hydroxylation is 2. The Hall–Kier alpha value is -1.77. The SMILES string of the molecule is Cc1noc(C)c1S(=O)(=O)N1CCCN(Cc2ccccn2)CC1. The summed E-state index contributed by atoms with van der Waals surface area (Å²) in [5, 5.41) is 3.77. The third-order valence-electron chi connectivity index (χ3n) is 4.22. The van der Waals surface area contributed by atoms with Crippen LogP contribution in [-0.2, 0) is 16.6 Å². The maximum atomic E-state index is 12.9. The molecule has 3 heterocycles. The summed E-state index contributed by atoms with van der Waals surface area (Å²) in [4.78, 5) is 6.79. The minimum absolute atomic E-state index is 0.209. The van der Waals surface area contributed by atoms with E-state index in [9.17, 15) is 8.42 Å². The van der Waals surface area contributed by atoms with Gasteiger partial charge in [0.2, 0.25) is 10.0 Å². The minimum Gasteiger partial charge on any atom is -0.360 e. The fraction of sp³-hybridized carbons (Fsp3) is 0.500. The molecule has 1 fully saturated rings. The highest BCUT2D eigenvalue weighted by molar-refractivity contribution is 7.89. The summed E-state index contributed by atoms with van der Waals surface area (Å²) in [7, 11) is -3.56. The first-order chi connectivity index (χ1) is 11.5. The molecule has 1 saturated heterocycles. The number of hydrogen-bond donors (Lipinski definition) is 0. The highest BCUT2D eigenvalue weighted by atomic mass is 32.2. The van der Waals surface area contributed by atoms with E-state index in [1.165, 1.54) is 4.31 Å². The van der Waals surface area contributed by atoms with Crippen LogP contribution < -0.4 is 0 Å². The van der Waals surface area contributed by atoms with Gasteiger partial charge in [0.05, 0.1) is 5.69 Å². The van der Waals surface area contributed by atoms with E-state index >= 15 is 0 Å². The topological polar surface area (TPSA) is 79.5 Å². The maximum Gasteiger partial charge on any atom is 0.248 e. The number of hydrogen-bond acceptors (Lipinski definition) is 6. The van der Waals surface area contributed by atoms with Crippen molar-refractivity contribution in [2.45, 2.75) is 31.7 Å².